The first-order valence-electron chi connectivity index (χ1n) is 9.72. The third kappa shape index (κ3) is 7.29. The molecule has 28 heavy (non-hydrogen) atoms. The van der Waals surface area contributed by atoms with E-state index in [1.807, 2.05) is 39.0 Å². The molecular formula is C21H31NO6. The molecule has 0 atom stereocenters. The molecule has 1 aromatic rings. The molecule has 1 heterocycles. The fourth-order valence-electron chi connectivity index (χ4n) is 2.85. The van der Waals surface area contributed by atoms with E-state index in [0.29, 0.717) is 25.3 Å². The summed E-state index contributed by atoms with van der Waals surface area (Å²) in [6.07, 6.45) is 3.58. The van der Waals surface area contributed by atoms with Gasteiger partial charge in [0.1, 0.15) is 5.60 Å². The summed E-state index contributed by atoms with van der Waals surface area (Å²) < 4.78 is 21.0. The average molecular weight is 393 g/mol. The van der Waals surface area contributed by atoms with Crippen molar-refractivity contribution in [3.63, 3.8) is 0 Å². The fraction of sp³-hybridized carbons (Fsp3) is 0.619. The first-order chi connectivity index (χ1) is 13.3. The lowest BCUT2D eigenvalue weighted by Crippen LogP contribution is -2.37. The minimum atomic E-state index is -0.551. The molecule has 0 spiro atoms. The van der Waals surface area contributed by atoms with Gasteiger partial charge < -0.3 is 23.8 Å². The highest BCUT2D eigenvalue weighted by Gasteiger charge is 2.23. The van der Waals surface area contributed by atoms with Crippen LogP contribution in [0.4, 0.5) is 4.79 Å². The third-order valence-electron chi connectivity index (χ3n) is 4.25. The summed E-state index contributed by atoms with van der Waals surface area (Å²) in [5.41, 5.74) is 0.408. The van der Waals surface area contributed by atoms with Gasteiger partial charge in [-0.2, -0.15) is 0 Å². The smallest absolute Gasteiger partial charge is 0.410 e. The number of unbranched alkanes of at least 4 members (excludes halogenated alkanes) is 3. The number of nitrogens with zero attached hydrogens (tertiary/aromatic N) is 1. The first kappa shape index (κ1) is 21.9. The molecule has 2 rings (SSSR count). The number of ether oxygens (including phenoxy) is 4. The molecule has 0 aliphatic carbocycles. The van der Waals surface area contributed by atoms with Crippen LogP contribution in [0.1, 0.15) is 58.4 Å². The maximum absolute atomic E-state index is 12.6. The number of carbonyl (C=O) groups excluding carboxylic acids is 2. The second-order valence-electron chi connectivity index (χ2n) is 7.83. The Morgan fingerprint density at radius 3 is 2.50 bits per heavy atom. The lowest BCUT2D eigenvalue weighted by molar-refractivity contribution is -0.140. The minimum Gasteiger partial charge on any atom is -0.469 e. The van der Waals surface area contributed by atoms with Crippen molar-refractivity contribution in [1.29, 1.82) is 0 Å². The van der Waals surface area contributed by atoms with Crippen molar-refractivity contribution in [2.45, 2.75) is 65.0 Å². The van der Waals surface area contributed by atoms with Crippen molar-refractivity contribution in [3.8, 4) is 11.5 Å². The SMILES string of the molecule is COC(=O)CCCCCCN(Cc1ccc2c(c1)OCO2)C(=O)OC(C)(C)C. The van der Waals surface area contributed by atoms with Gasteiger partial charge in [0, 0.05) is 19.5 Å². The first-order valence-corrected chi connectivity index (χ1v) is 9.72. The summed E-state index contributed by atoms with van der Waals surface area (Å²) in [4.78, 5) is 25.5. The minimum absolute atomic E-state index is 0.182. The van der Waals surface area contributed by atoms with Crippen LogP contribution < -0.4 is 9.47 Å². The number of carbonyl (C=O) groups is 2. The van der Waals surface area contributed by atoms with Gasteiger partial charge in [-0.05, 0) is 51.3 Å². The van der Waals surface area contributed by atoms with Crippen LogP contribution >= 0.6 is 0 Å². The van der Waals surface area contributed by atoms with Crippen LogP contribution in [0, 0.1) is 0 Å². The van der Waals surface area contributed by atoms with E-state index in [1.54, 1.807) is 4.90 Å². The molecule has 7 heteroatoms. The molecular weight excluding hydrogens is 362 g/mol. The van der Waals surface area contributed by atoms with Gasteiger partial charge in [0.2, 0.25) is 6.79 Å². The van der Waals surface area contributed by atoms with Gasteiger partial charge in [-0.15, -0.1) is 0 Å². The second kappa shape index (κ2) is 10.2. The lowest BCUT2D eigenvalue weighted by atomic mass is 10.1. The molecule has 1 amide bonds. The molecule has 0 radical (unpaired) electrons. The Labute approximate surface area is 166 Å². The molecule has 7 nitrogen and oxygen atoms in total. The van der Waals surface area contributed by atoms with Gasteiger partial charge in [-0.25, -0.2) is 4.79 Å². The average Bonchev–Trinajstić information content (AvgIpc) is 3.09. The summed E-state index contributed by atoms with van der Waals surface area (Å²) in [6.45, 7) is 6.82. The highest BCUT2D eigenvalue weighted by atomic mass is 16.7. The normalized spacial score (nSPS) is 12.6. The van der Waals surface area contributed by atoms with Gasteiger partial charge in [-0.1, -0.05) is 18.9 Å². The Morgan fingerprint density at radius 2 is 1.79 bits per heavy atom. The zero-order valence-electron chi connectivity index (χ0n) is 17.3. The standard InChI is InChI=1S/C21H31NO6/c1-21(2,3)28-20(24)22(12-8-6-5-7-9-19(23)25-4)14-16-10-11-17-18(13-16)27-15-26-17/h10-11,13H,5-9,12,14-15H2,1-4H3. The molecule has 0 N–H and O–H groups in total. The Bertz CT molecular complexity index is 667. The molecule has 0 bridgehead atoms. The van der Waals surface area contributed by atoms with E-state index in [9.17, 15) is 9.59 Å². The number of hydrogen-bond acceptors (Lipinski definition) is 6. The van der Waals surface area contributed by atoms with E-state index in [4.69, 9.17) is 14.2 Å². The van der Waals surface area contributed by atoms with Crippen LogP contribution in [0.25, 0.3) is 0 Å². The number of fused-ring (bicyclic) bond motifs is 1. The Morgan fingerprint density at radius 1 is 1.07 bits per heavy atom. The van der Waals surface area contributed by atoms with Crippen LogP contribution in [-0.4, -0.2) is 43.0 Å². The van der Waals surface area contributed by atoms with Gasteiger partial charge in [0.05, 0.1) is 7.11 Å². The topological polar surface area (TPSA) is 74.3 Å². The highest BCUT2D eigenvalue weighted by molar-refractivity contribution is 5.69. The Hall–Kier alpha value is -2.44. The zero-order chi connectivity index (χ0) is 20.6. The van der Waals surface area contributed by atoms with Crippen LogP contribution in [0.15, 0.2) is 18.2 Å². The molecule has 0 saturated carbocycles. The summed E-state index contributed by atoms with van der Waals surface area (Å²) >= 11 is 0. The van der Waals surface area contributed by atoms with E-state index in [-0.39, 0.29) is 18.9 Å². The molecule has 0 unspecified atom stereocenters. The largest absolute Gasteiger partial charge is 0.469 e. The van der Waals surface area contributed by atoms with E-state index >= 15 is 0 Å². The van der Waals surface area contributed by atoms with Crippen LogP contribution in [0.3, 0.4) is 0 Å². The number of rotatable bonds is 9. The van der Waals surface area contributed by atoms with Crippen LogP contribution in [-0.2, 0) is 20.8 Å². The zero-order valence-corrected chi connectivity index (χ0v) is 17.3. The number of benzene rings is 1. The van der Waals surface area contributed by atoms with Gasteiger partial charge in [0.25, 0.3) is 0 Å². The molecule has 0 aromatic heterocycles. The number of esters is 1. The molecule has 0 saturated heterocycles. The van der Waals surface area contributed by atoms with Crippen molar-refractivity contribution >= 4 is 12.1 Å². The molecule has 156 valence electrons. The fourth-order valence-corrected chi connectivity index (χ4v) is 2.85. The summed E-state index contributed by atoms with van der Waals surface area (Å²) in [5.74, 6) is 1.24. The molecule has 1 aliphatic heterocycles. The second-order valence-corrected chi connectivity index (χ2v) is 7.83. The third-order valence-corrected chi connectivity index (χ3v) is 4.25. The van der Waals surface area contributed by atoms with Gasteiger partial charge in [-0.3, -0.25) is 4.79 Å². The number of hydrogen-bond donors (Lipinski definition) is 0. The van der Waals surface area contributed by atoms with Crippen LogP contribution in [0.5, 0.6) is 11.5 Å². The van der Waals surface area contributed by atoms with Crippen LogP contribution in [0.2, 0.25) is 0 Å². The van der Waals surface area contributed by atoms with Crippen molar-refractivity contribution in [2.24, 2.45) is 0 Å². The Balaban J connectivity index is 1.89. The summed E-state index contributed by atoms with van der Waals surface area (Å²) in [7, 11) is 1.40. The monoisotopic (exact) mass is 393 g/mol. The summed E-state index contributed by atoms with van der Waals surface area (Å²) in [5, 5.41) is 0. The van der Waals surface area contributed by atoms with E-state index < -0.39 is 5.60 Å². The predicted molar refractivity (Wildman–Crippen MR) is 104 cm³/mol. The van der Waals surface area contributed by atoms with Gasteiger partial charge >= 0.3 is 12.1 Å². The highest BCUT2D eigenvalue weighted by Crippen LogP contribution is 2.33. The van der Waals surface area contributed by atoms with Crippen molar-refractivity contribution in [1.82, 2.24) is 4.90 Å². The molecule has 1 aromatic carbocycles. The quantitative estimate of drug-likeness (QED) is 0.461. The number of methoxy groups -OCH3 is 1. The molecule has 1 aliphatic rings. The van der Waals surface area contributed by atoms with Crippen molar-refractivity contribution in [3.05, 3.63) is 23.8 Å². The molecule has 0 fully saturated rings. The maximum Gasteiger partial charge on any atom is 0.410 e. The van der Waals surface area contributed by atoms with E-state index in [1.165, 1.54) is 7.11 Å². The maximum atomic E-state index is 12.6. The predicted octanol–water partition coefficient (Wildman–Crippen LogP) is 4.28. The van der Waals surface area contributed by atoms with Crippen molar-refractivity contribution < 1.29 is 28.5 Å². The summed E-state index contributed by atoms with van der Waals surface area (Å²) in [6, 6.07) is 5.69. The number of amides is 1. The van der Waals surface area contributed by atoms with Crippen molar-refractivity contribution in [2.75, 3.05) is 20.4 Å². The Kier molecular flexibility index (Phi) is 7.96. The van der Waals surface area contributed by atoms with E-state index in [2.05, 4.69) is 4.74 Å². The van der Waals surface area contributed by atoms with E-state index in [0.717, 1.165) is 37.0 Å². The lowest BCUT2D eigenvalue weighted by Gasteiger charge is -2.27. The van der Waals surface area contributed by atoms with Gasteiger partial charge in [0.15, 0.2) is 11.5 Å².